The highest BCUT2D eigenvalue weighted by molar-refractivity contribution is 6.13. The van der Waals surface area contributed by atoms with Gasteiger partial charge in [0.25, 0.3) is 0 Å². The van der Waals surface area contributed by atoms with E-state index >= 15 is 0 Å². The van der Waals surface area contributed by atoms with E-state index in [1.165, 1.54) is 0 Å². The second kappa shape index (κ2) is 9.74. The summed E-state index contributed by atoms with van der Waals surface area (Å²) in [5, 5.41) is 13.5. The van der Waals surface area contributed by atoms with Crippen LogP contribution in [-0.4, -0.2) is 9.13 Å². The molecule has 44 heavy (non-hydrogen) atoms. The first-order valence-corrected chi connectivity index (χ1v) is 14.1. The number of rotatable bonds is 3. The molecular weight excluding hydrogens is 538 g/mol. The number of nitriles is 1. The molecule has 0 radical (unpaired) electrons. The Hall–Kier alpha value is -6.61. The van der Waals surface area contributed by atoms with E-state index in [9.17, 15) is 5.26 Å². The van der Waals surface area contributed by atoms with E-state index in [4.69, 9.17) is 13.1 Å². The predicted molar refractivity (Wildman–Crippen MR) is 178 cm³/mol. The maximum absolute atomic E-state index is 9.33. The molecule has 0 saturated heterocycles. The lowest BCUT2D eigenvalue weighted by Gasteiger charge is -2.14. The molecule has 0 saturated carbocycles. The molecule has 0 unspecified atom stereocenters. The van der Waals surface area contributed by atoms with Crippen molar-refractivity contribution in [2.75, 3.05) is 0 Å². The third kappa shape index (κ3) is 3.70. The maximum atomic E-state index is 9.33. The second-order valence-corrected chi connectivity index (χ2v) is 10.7. The van der Waals surface area contributed by atoms with Gasteiger partial charge in [-0.1, -0.05) is 54.6 Å². The molecule has 0 fully saturated rings. The van der Waals surface area contributed by atoms with Crippen LogP contribution in [0.4, 0.5) is 11.4 Å². The van der Waals surface area contributed by atoms with Gasteiger partial charge in [-0.25, -0.2) is 9.69 Å². The number of benzene rings is 6. The Morgan fingerprint density at radius 3 is 1.80 bits per heavy atom. The average molecular weight is 560 g/mol. The molecule has 6 aromatic carbocycles. The van der Waals surface area contributed by atoms with Gasteiger partial charge in [-0.05, 0) is 89.1 Å². The van der Waals surface area contributed by atoms with E-state index in [0.29, 0.717) is 16.9 Å². The van der Waals surface area contributed by atoms with E-state index in [-0.39, 0.29) is 0 Å². The summed E-state index contributed by atoms with van der Waals surface area (Å²) in [5.41, 5.74) is 10.1. The van der Waals surface area contributed by atoms with Crippen LogP contribution in [0.5, 0.6) is 0 Å². The van der Waals surface area contributed by atoms with Gasteiger partial charge in [-0.3, -0.25) is 0 Å². The normalized spacial score (nSPS) is 11.1. The highest BCUT2D eigenvalue weighted by Crippen LogP contribution is 2.40. The lowest BCUT2D eigenvalue weighted by molar-refractivity contribution is 1.18. The zero-order valence-corrected chi connectivity index (χ0v) is 23.4. The van der Waals surface area contributed by atoms with E-state index in [0.717, 1.165) is 66.1 Å². The zero-order valence-electron chi connectivity index (χ0n) is 23.4. The van der Waals surface area contributed by atoms with Crippen LogP contribution >= 0.6 is 0 Å². The van der Waals surface area contributed by atoms with Crippen molar-refractivity contribution in [2.45, 2.75) is 0 Å². The second-order valence-electron chi connectivity index (χ2n) is 10.7. The fourth-order valence-corrected chi connectivity index (χ4v) is 6.41. The number of hydrogen-bond donors (Lipinski definition) is 0. The van der Waals surface area contributed by atoms with Crippen molar-refractivity contribution in [2.24, 2.45) is 0 Å². The lowest BCUT2D eigenvalue weighted by Crippen LogP contribution is -1.97. The minimum absolute atomic E-state index is 0.589. The highest BCUT2D eigenvalue weighted by Gasteiger charge is 2.18. The van der Waals surface area contributed by atoms with Gasteiger partial charge in [0.1, 0.15) is 0 Å². The molecule has 202 valence electrons. The van der Waals surface area contributed by atoms with E-state index in [1.54, 1.807) is 0 Å². The molecule has 5 nitrogen and oxygen atoms in total. The molecule has 8 aromatic rings. The first-order chi connectivity index (χ1) is 21.7. The molecule has 5 heteroatoms. The third-order valence-corrected chi connectivity index (χ3v) is 8.37. The van der Waals surface area contributed by atoms with Crippen LogP contribution in [0.3, 0.4) is 0 Å². The Labute approximate surface area is 253 Å². The molecule has 0 N–H and O–H groups in total. The van der Waals surface area contributed by atoms with Gasteiger partial charge in [-0.15, -0.1) is 0 Å². The predicted octanol–water partition coefficient (Wildman–Crippen LogP) is 10.5. The van der Waals surface area contributed by atoms with Gasteiger partial charge < -0.3 is 9.13 Å². The van der Waals surface area contributed by atoms with Crippen LogP contribution < -0.4 is 0 Å². The van der Waals surface area contributed by atoms with Crippen molar-refractivity contribution >= 4 is 55.0 Å². The van der Waals surface area contributed by atoms with Gasteiger partial charge in [0, 0.05) is 22.0 Å². The standard InChI is InChI=1S/C39H21N5/c1-41-27-15-20-39-33(22-27)31-8-4-6-10-36(31)44(39)35-9-5-3-7-30(35)26-13-18-37-32(21-26)34-23-28(42-2)14-19-38(34)43(37)29-16-11-25(24-40)12-17-29/h3-23H. The molecule has 0 aliphatic carbocycles. The van der Waals surface area contributed by atoms with Crippen molar-refractivity contribution in [3.63, 3.8) is 0 Å². The number of nitrogens with zero attached hydrogens (tertiary/aromatic N) is 5. The molecule has 0 bridgehead atoms. The van der Waals surface area contributed by atoms with Crippen molar-refractivity contribution in [3.8, 4) is 28.6 Å². The Balaban J connectivity index is 1.40. The smallest absolute Gasteiger partial charge is 0.188 e. The molecule has 2 heterocycles. The van der Waals surface area contributed by atoms with E-state index in [1.807, 2.05) is 66.7 Å². The van der Waals surface area contributed by atoms with Crippen LogP contribution in [0.25, 0.3) is 75.8 Å². The summed E-state index contributed by atoms with van der Waals surface area (Å²) < 4.78 is 4.48. The molecule has 0 aliphatic heterocycles. The summed E-state index contributed by atoms with van der Waals surface area (Å²) in [4.78, 5) is 7.39. The fraction of sp³-hybridized carbons (Fsp3) is 0. The van der Waals surface area contributed by atoms with Gasteiger partial charge in [0.05, 0.1) is 52.5 Å². The number of hydrogen-bond acceptors (Lipinski definition) is 1. The van der Waals surface area contributed by atoms with Gasteiger partial charge in [0.15, 0.2) is 11.4 Å². The Morgan fingerprint density at radius 2 is 1.09 bits per heavy atom. The van der Waals surface area contributed by atoms with Crippen molar-refractivity contribution in [1.29, 1.82) is 5.26 Å². The number of aromatic nitrogens is 2. The first-order valence-electron chi connectivity index (χ1n) is 14.1. The quantitative estimate of drug-likeness (QED) is 0.199. The Bertz CT molecular complexity index is 2580. The van der Waals surface area contributed by atoms with Crippen LogP contribution in [-0.2, 0) is 0 Å². The Kier molecular flexibility index (Phi) is 5.56. The zero-order chi connectivity index (χ0) is 29.8. The molecule has 2 aromatic heterocycles. The summed E-state index contributed by atoms with van der Waals surface area (Å²) in [6.45, 7) is 15.2. The molecule has 0 aliphatic rings. The largest absolute Gasteiger partial charge is 0.309 e. The van der Waals surface area contributed by atoms with Crippen LogP contribution in [0.15, 0.2) is 127 Å². The summed E-state index contributed by atoms with van der Waals surface area (Å²) in [5.74, 6) is 0. The van der Waals surface area contributed by atoms with E-state index < -0.39 is 0 Å². The summed E-state index contributed by atoms with van der Waals surface area (Å²) in [6, 6.07) is 44.8. The molecule has 0 amide bonds. The first kappa shape index (κ1) is 25.1. The lowest BCUT2D eigenvalue weighted by atomic mass is 10.0. The van der Waals surface area contributed by atoms with E-state index in [2.05, 4.69) is 85.6 Å². The summed E-state index contributed by atoms with van der Waals surface area (Å²) >= 11 is 0. The highest BCUT2D eigenvalue weighted by atomic mass is 15.0. The molecule has 0 atom stereocenters. The van der Waals surface area contributed by atoms with Crippen molar-refractivity contribution < 1.29 is 0 Å². The van der Waals surface area contributed by atoms with Crippen molar-refractivity contribution in [3.05, 3.63) is 156 Å². The minimum atomic E-state index is 0.589. The topological polar surface area (TPSA) is 42.4 Å². The van der Waals surface area contributed by atoms with Gasteiger partial charge in [0.2, 0.25) is 0 Å². The molecule has 8 rings (SSSR count). The van der Waals surface area contributed by atoms with Crippen LogP contribution in [0, 0.1) is 24.5 Å². The average Bonchev–Trinajstić information content (AvgIpc) is 3.59. The monoisotopic (exact) mass is 559 g/mol. The molecular formula is C39H21N5. The third-order valence-electron chi connectivity index (χ3n) is 8.37. The summed E-state index contributed by atoms with van der Waals surface area (Å²) in [6.07, 6.45) is 0. The van der Waals surface area contributed by atoms with Gasteiger partial charge >= 0.3 is 0 Å². The SMILES string of the molecule is [C-]#[N+]c1ccc2c(c1)c1cc(-c3ccccc3-n3c4ccccc4c4cc([N+]#[C-])ccc43)ccc1n2-c1ccc(C#N)cc1. The number of para-hydroxylation sites is 2. The minimum Gasteiger partial charge on any atom is -0.309 e. The maximum Gasteiger partial charge on any atom is 0.188 e. The van der Waals surface area contributed by atoms with Crippen molar-refractivity contribution in [1.82, 2.24) is 9.13 Å². The van der Waals surface area contributed by atoms with Gasteiger partial charge in [-0.2, -0.15) is 5.26 Å². The number of fused-ring (bicyclic) bond motifs is 6. The van der Waals surface area contributed by atoms with Crippen LogP contribution in [0.2, 0.25) is 0 Å². The Morgan fingerprint density at radius 1 is 0.523 bits per heavy atom. The summed E-state index contributed by atoms with van der Waals surface area (Å²) in [7, 11) is 0. The van der Waals surface area contributed by atoms with Crippen LogP contribution in [0.1, 0.15) is 5.56 Å². The molecule has 0 spiro atoms. The fourth-order valence-electron chi connectivity index (χ4n) is 6.41.